The lowest BCUT2D eigenvalue weighted by molar-refractivity contribution is 0.254. The van der Waals surface area contributed by atoms with Crippen molar-refractivity contribution in [2.24, 2.45) is 0 Å². The minimum absolute atomic E-state index is 0.464. The van der Waals surface area contributed by atoms with Crippen LogP contribution in [0.1, 0.15) is 75.9 Å². The van der Waals surface area contributed by atoms with E-state index in [2.05, 4.69) is 27.3 Å². The monoisotopic (exact) mass is 306 g/mol. The van der Waals surface area contributed by atoms with E-state index in [9.17, 15) is 0 Å². The minimum Gasteiger partial charge on any atom is -0.339 e. The van der Waals surface area contributed by atoms with Crippen LogP contribution < -0.4 is 5.32 Å². The van der Waals surface area contributed by atoms with Gasteiger partial charge in [-0.2, -0.15) is 4.98 Å². The second kappa shape index (κ2) is 8.06. The number of rotatable bonds is 6. The quantitative estimate of drug-likeness (QED) is 0.875. The second-order valence-electron chi connectivity index (χ2n) is 7.03. The number of nitrogens with one attached hydrogen (secondary N) is 1. The molecule has 1 aliphatic carbocycles. The van der Waals surface area contributed by atoms with Crippen LogP contribution in [-0.2, 0) is 6.54 Å². The topological polar surface area (TPSA) is 54.2 Å². The van der Waals surface area contributed by atoms with E-state index in [1.54, 1.807) is 0 Å². The highest BCUT2D eigenvalue weighted by Gasteiger charge is 2.23. The van der Waals surface area contributed by atoms with E-state index < -0.39 is 0 Å². The molecule has 3 rings (SSSR count). The summed E-state index contributed by atoms with van der Waals surface area (Å²) >= 11 is 0. The van der Waals surface area contributed by atoms with Crippen LogP contribution in [0.15, 0.2) is 4.52 Å². The lowest BCUT2D eigenvalue weighted by Crippen LogP contribution is -2.39. The van der Waals surface area contributed by atoms with Crippen molar-refractivity contribution in [1.29, 1.82) is 0 Å². The maximum atomic E-state index is 5.44. The Balaban J connectivity index is 1.41. The minimum atomic E-state index is 0.464. The molecule has 0 bridgehead atoms. The standard InChI is InChI=1S/C17H30N4O/c1-14(13-21-10-6-2-3-7-11-21)18-12-16-19-17(22-20-16)15-8-4-5-9-15/h14-15,18H,2-13H2,1H3/t14-/m1/s1. The van der Waals surface area contributed by atoms with Crippen molar-refractivity contribution in [3.05, 3.63) is 11.7 Å². The molecule has 2 fully saturated rings. The summed E-state index contributed by atoms with van der Waals surface area (Å²) in [6.07, 6.45) is 10.5. The van der Waals surface area contributed by atoms with E-state index in [4.69, 9.17) is 4.52 Å². The molecular weight excluding hydrogens is 276 g/mol. The van der Waals surface area contributed by atoms with Gasteiger partial charge in [-0.3, -0.25) is 0 Å². The summed E-state index contributed by atoms with van der Waals surface area (Å²) in [5.41, 5.74) is 0. The Labute approximate surface area is 133 Å². The van der Waals surface area contributed by atoms with E-state index in [0.29, 0.717) is 18.5 Å². The van der Waals surface area contributed by atoms with Gasteiger partial charge in [0.25, 0.3) is 0 Å². The van der Waals surface area contributed by atoms with Crippen molar-refractivity contribution in [3.8, 4) is 0 Å². The van der Waals surface area contributed by atoms with Gasteiger partial charge in [-0.1, -0.05) is 30.8 Å². The second-order valence-corrected chi connectivity index (χ2v) is 7.03. The van der Waals surface area contributed by atoms with Crippen molar-refractivity contribution < 1.29 is 4.52 Å². The van der Waals surface area contributed by atoms with Gasteiger partial charge in [-0.15, -0.1) is 0 Å². The summed E-state index contributed by atoms with van der Waals surface area (Å²) in [5, 5.41) is 7.68. The van der Waals surface area contributed by atoms with Gasteiger partial charge >= 0.3 is 0 Å². The van der Waals surface area contributed by atoms with Gasteiger partial charge < -0.3 is 14.7 Å². The predicted molar refractivity (Wildman–Crippen MR) is 86.7 cm³/mol. The molecule has 2 heterocycles. The fraction of sp³-hybridized carbons (Fsp3) is 0.882. The Morgan fingerprint density at radius 3 is 2.59 bits per heavy atom. The molecule has 0 radical (unpaired) electrons. The smallest absolute Gasteiger partial charge is 0.229 e. The van der Waals surface area contributed by atoms with Gasteiger partial charge in [0.2, 0.25) is 5.89 Å². The Morgan fingerprint density at radius 1 is 1.14 bits per heavy atom. The summed E-state index contributed by atoms with van der Waals surface area (Å²) in [6.45, 7) is 6.58. The van der Waals surface area contributed by atoms with Gasteiger partial charge in [-0.05, 0) is 45.7 Å². The first-order valence-corrected chi connectivity index (χ1v) is 9.09. The maximum absolute atomic E-state index is 5.44. The molecule has 1 atom stereocenters. The van der Waals surface area contributed by atoms with Crippen molar-refractivity contribution >= 4 is 0 Å². The molecule has 1 aromatic rings. The largest absolute Gasteiger partial charge is 0.339 e. The van der Waals surface area contributed by atoms with E-state index in [-0.39, 0.29) is 0 Å². The number of hydrogen-bond acceptors (Lipinski definition) is 5. The van der Waals surface area contributed by atoms with Crippen LogP contribution in [0.3, 0.4) is 0 Å². The molecule has 0 unspecified atom stereocenters. The van der Waals surface area contributed by atoms with Gasteiger partial charge in [-0.25, -0.2) is 0 Å². The summed E-state index contributed by atoms with van der Waals surface area (Å²) in [7, 11) is 0. The lowest BCUT2D eigenvalue weighted by Gasteiger charge is -2.24. The average Bonchev–Trinajstić information content (AvgIpc) is 3.14. The molecule has 2 aliphatic rings. The molecule has 0 spiro atoms. The number of aromatic nitrogens is 2. The van der Waals surface area contributed by atoms with Crippen LogP contribution in [0.2, 0.25) is 0 Å². The summed E-state index contributed by atoms with van der Waals surface area (Å²) in [4.78, 5) is 7.16. The fourth-order valence-corrected chi connectivity index (χ4v) is 3.71. The SMILES string of the molecule is C[C@H](CN1CCCCCC1)NCc1noc(C2CCCC2)n1. The lowest BCUT2D eigenvalue weighted by atomic mass is 10.1. The Hall–Kier alpha value is -0.940. The van der Waals surface area contributed by atoms with Crippen molar-refractivity contribution in [3.63, 3.8) is 0 Å². The molecule has 1 N–H and O–H groups in total. The molecule has 1 aromatic heterocycles. The highest BCUT2D eigenvalue weighted by molar-refractivity contribution is 4.96. The molecular formula is C17H30N4O. The highest BCUT2D eigenvalue weighted by atomic mass is 16.5. The zero-order chi connectivity index (χ0) is 15.2. The van der Waals surface area contributed by atoms with Crippen molar-refractivity contribution in [2.45, 2.75) is 76.8 Å². The van der Waals surface area contributed by atoms with Crippen molar-refractivity contribution in [2.75, 3.05) is 19.6 Å². The third-order valence-corrected chi connectivity index (χ3v) is 5.03. The molecule has 0 aromatic carbocycles. The molecule has 5 heteroatoms. The van der Waals surface area contributed by atoms with Crippen LogP contribution in [0, 0.1) is 0 Å². The van der Waals surface area contributed by atoms with Crippen molar-refractivity contribution in [1.82, 2.24) is 20.4 Å². The molecule has 5 nitrogen and oxygen atoms in total. The molecule has 1 aliphatic heterocycles. The van der Waals surface area contributed by atoms with Crippen LogP contribution >= 0.6 is 0 Å². The zero-order valence-corrected chi connectivity index (χ0v) is 13.9. The van der Waals surface area contributed by atoms with Crippen LogP contribution in [0.5, 0.6) is 0 Å². The van der Waals surface area contributed by atoms with Crippen LogP contribution in [0.4, 0.5) is 0 Å². The zero-order valence-electron chi connectivity index (χ0n) is 13.9. The maximum Gasteiger partial charge on any atom is 0.229 e. The van der Waals surface area contributed by atoms with Gasteiger partial charge in [0.15, 0.2) is 5.82 Å². The van der Waals surface area contributed by atoms with E-state index >= 15 is 0 Å². The number of likely N-dealkylation sites (tertiary alicyclic amines) is 1. The predicted octanol–water partition coefficient (Wildman–Crippen LogP) is 3.08. The van der Waals surface area contributed by atoms with E-state index in [0.717, 1.165) is 18.3 Å². The Bertz CT molecular complexity index is 434. The summed E-state index contributed by atoms with van der Waals surface area (Å²) in [6, 6.07) is 0.464. The van der Waals surface area contributed by atoms with Gasteiger partial charge in [0.1, 0.15) is 0 Å². The normalized spacial score (nSPS) is 22.8. The molecule has 124 valence electrons. The Kier molecular flexibility index (Phi) is 5.84. The summed E-state index contributed by atoms with van der Waals surface area (Å²) in [5.74, 6) is 2.18. The highest BCUT2D eigenvalue weighted by Crippen LogP contribution is 2.32. The van der Waals surface area contributed by atoms with Gasteiger partial charge in [0.05, 0.1) is 6.54 Å². The van der Waals surface area contributed by atoms with E-state index in [1.165, 1.54) is 64.5 Å². The third-order valence-electron chi connectivity index (χ3n) is 5.03. The number of nitrogens with zero attached hydrogens (tertiary/aromatic N) is 3. The van der Waals surface area contributed by atoms with Crippen LogP contribution in [-0.4, -0.2) is 40.7 Å². The Morgan fingerprint density at radius 2 is 1.86 bits per heavy atom. The average molecular weight is 306 g/mol. The summed E-state index contributed by atoms with van der Waals surface area (Å²) < 4.78 is 5.44. The third kappa shape index (κ3) is 4.53. The molecule has 1 saturated heterocycles. The first-order valence-electron chi connectivity index (χ1n) is 9.09. The first kappa shape index (κ1) is 15.9. The number of hydrogen-bond donors (Lipinski definition) is 1. The molecule has 0 amide bonds. The molecule has 1 saturated carbocycles. The van der Waals surface area contributed by atoms with E-state index in [1.807, 2.05) is 0 Å². The van der Waals surface area contributed by atoms with Gasteiger partial charge in [0, 0.05) is 18.5 Å². The van der Waals surface area contributed by atoms with Crippen LogP contribution in [0.25, 0.3) is 0 Å². The first-order chi connectivity index (χ1) is 10.8. The molecule has 22 heavy (non-hydrogen) atoms. The fourth-order valence-electron chi connectivity index (χ4n) is 3.71.